The molecule has 126 valence electrons. The molecule has 0 saturated carbocycles. The topological polar surface area (TPSA) is 68.3 Å². The van der Waals surface area contributed by atoms with Crippen molar-refractivity contribution in [2.45, 2.75) is 13.0 Å². The van der Waals surface area contributed by atoms with Crippen LogP contribution in [0.1, 0.15) is 18.6 Å². The van der Waals surface area contributed by atoms with E-state index in [2.05, 4.69) is 10.3 Å². The maximum atomic E-state index is 12.6. The van der Waals surface area contributed by atoms with Crippen LogP contribution in [-0.4, -0.2) is 16.9 Å². The van der Waals surface area contributed by atoms with E-state index >= 15 is 0 Å². The van der Waals surface area contributed by atoms with Gasteiger partial charge in [-0.05, 0) is 0 Å². The lowest BCUT2D eigenvalue weighted by Crippen LogP contribution is -2.25. The number of carbonyl (C=O) groups excluding carboxylic acids is 2. The molecule has 1 aromatic heterocycles. The zero-order chi connectivity index (χ0) is 17.6. The number of esters is 1. The first-order valence-electron chi connectivity index (χ1n) is 7.67. The Labute approximate surface area is 149 Å². The van der Waals surface area contributed by atoms with Gasteiger partial charge in [-0.3, -0.25) is 14.9 Å². The van der Waals surface area contributed by atoms with Gasteiger partial charge in [0.05, 0.1) is 5.69 Å². The average molecular weight is 352 g/mol. The Balaban J connectivity index is 1.78. The SMILES string of the molecule is CC(=O)O[C@@H](C(=O)Nc1nc(-c2ccccc2)cs1)c1ccccc1. The van der Waals surface area contributed by atoms with Crippen molar-refractivity contribution in [3.05, 3.63) is 71.6 Å². The normalized spacial score (nSPS) is 11.6. The second-order valence-electron chi connectivity index (χ2n) is 5.29. The van der Waals surface area contributed by atoms with Gasteiger partial charge in [0.25, 0.3) is 5.91 Å². The third-order valence-corrected chi connectivity index (χ3v) is 4.19. The largest absolute Gasteiger partial charge is 0.447 e. The van der Waals surface area contributed by atoms with E-state index in [0.29, 0.717) is 10.7 Å². The van der Waals surface area contributed by atoms with Crippen LogP contribution in [0.25, 0.3) is 11.3 Å². The Morgan fingerprint density at radius 3 is 2.32 bits per heavy atom. The number of nitrogens with zero attached hydrogens (tertiary/aromatic N) is 1. The van der Waals surface area contributed by atoms with Gasteiger partial charge in [-0.1, -0.05) is 60.7 Å². The summed E-state index contributed by atoms with van der Waals surface area (Å²) in [6.45, 7) is 1.28. The average Bonchev–Trinajstić information content (AvgIpc) is 3.09. The Morgan fingerprint density at radius 1 is 1.04 bits per heavy atom. The van der Waals surface area contributed by atoms with E-state index in [1.165, 1.54) is 18.3 Å². The molecule has 5 nitrogen and oxygen atoms in total. The summed E-state index contributed by atoms with van der Waals surface area (Å²) in [6.07, 6.45) is -1.01. The van der Waals surface area contributed by atoms with Crippen molar-refractivity contribution in [1.82, 2.24) is 4.98 Å². The lowest BCUT2D eigenvalue weighted by Gasteiger charge is -2.16. The monoisotopic (exact) mass is 352 g/mol. The van der Waals surface area contributed by atoms with Crippen LogP contribution in [-0.2, 0) is 14.3 Å². The molecule has 0 aliphatic carbocycles. The predicted molar refractivity (Wildman–Crippen MR) is 97.1 cm³/mol. The number of ether oxygens (including phenoxy) is 1. The Morgan fingerprint density at radius 2 is 1.68 bits per heavy atom. The molecule has 0 aliphatic rings. The number of rotatable bonds is 5. The van der Waals surface area contributed by atoms with Crippen LogP contribution < -0.4 is 5.32 Å². The van der Waals surface area contributed by atoms with Gasteiger partial charge >= 0.3 is 5.97 Å². The quantitative estimate of drug-likeness (QED) is 0.703. The molecule has 0 fully saturated rings. The highest BCUT2D eigenvalue weighted by Crippen LogP contribution is 2.26. The van der Waals surface area contributed by atoms with Gasteiger partial charge < -0.3 is 4.74 Å². The molecule has 0 unspecified atom stereocenters. The lowest BCUT2D eigenvalue weighted by atomic mass is 10.1. The Bertz CT molecular complexity index is 863. The summed E-state index contributed by atoms with van der Waals surface area (Å²) in [5.74, 6) is -0.955. The molecule has 1 heterocycles. The summed E-state index contributed by atoms with van der Waals surface area (Å²) in [7, 11) is 0. The maximum absolute atomic E-state index is 12.6. The Hall–Kier alpha value is -2.99. The number of benzene rings is 2. The predicted octanol–water partition coefficient (Wildman–Crippen LogP) is 4.05. The fourth-order valence-electron chi connectivity index (χ4n) is 2.31. The van der Waals surface area contributed by atoms with E-state index in [1.54, 1.807) is 24.3 Å². The zero-order valence-electron chi connectivity index (χ0n) is 13.5. The van der Waals surface area contributed by atoms with Crippen LogP contribution in [0.5, 0.6) is 0 Å². The van der Waals surface area contributed by atoms with Crippen molar-refractivity contribution in [2.24, 2.45) is 0 Å². The molecule has 3 aromatic rings. The fourth-order valence-corrected chi connectivity index (χ4v) is 3.03. The third-order valence-electron chi connectivity index (χ3n) is 3.43. The van der Waals surface area contributed by atoms with Gasteiger partial charge in [0, 0.05) is 23.4 Å². The first kappa shape index (κ1) is 16.9. The van der Waals surface area contributed by atoms with Crippen molar-refractivity contribution in [3.8, 4) is 11.3 Å². The molecular weight excluding hydrogens is 336 g/mol. The highest BCUT2D eigenvalue weighted by molar-refractivity contribution is 7.14. The summed E-state index contributed by atoms with van der Waals surface area (Å²) < 4.78 is 5.19. The first-order valence-corrected chi connectivity index (χ1v) is 8.55. The van der Waals surface area contributed by atoms with E-state index in [-0.39, 0.29) is 0 Å². The number of hydrogen-bond acceptors (Lipinski definition) is 5. The number of carbonyl (C=O) groups is 2. The third kappa shape index (κ3) is 4.30. The smallest absolute Gasteiger partial charge is 0.303 e. The van der Waals surface area contributed by atoms with Crippen LogP contribution in [0.15, 0.2) is 66.0 Å². The molecule has 1 amide bonds. The summed E-state index contributed by atoms with van der Waals surface area (Å²) in [4.78, 5) is 28.4. The number of aromatic nitrogens is 1. The van der Waals surface area contributed by atoms with Crippen molar-refractivity contribution in [1.29, 1.82) is 0 Å². The standard InChI is InChI=1S/C19H16N2O3S/c1-13(22)24-17(15-10-6-3-7-11-15)18(23)21-19-20-16(12-25-19)14-8-4-2-5-9-14/h2-12,17H,1H3,(H,20,21,23)/t17-/m1/s1. The number of amides is 1. The number of thiazole rings is 1. The summed E-state index contributed by atoms with van der Waals surface area (Å²) in [5.41, 5.74) is 2.36. The molecule has 1 atom stereocenters. The molecule has 0 spiro atoms. The molecule has 3 rings (SSSR count). The van der Waals surface area contributed by atoms with Crippen molar-refractivity contribution >= 4 is 28.3 Å². The minimum atomic E-state index is -1.01. The van der Waals surface area contributed by atoms with Gasteiger partial charge in [0.2, 0.25) is 6.10 Å². The summed E-state index contributed by atoms with van der Waals surface area (Å²) >= 11 is 1.32. The van der Waals surface area contributed by atoms with Gasteiger partial charge in [-0.2, -0.15) is 0 Å². The zero-order valence-corrected chi connectivity index (χ0v) is 14.3. The fraction of sp³-hybridized carbons (Fsp3) is 0.105. The van der Waals surface area contributed by atoms with Crippen molar-refractivity contribution < 1.29 is 14.3 Å². The van der Waals surface area contributed by atoms with E-state index < -0.39 is 18.0 Å². The Kier molecular flexibility index (Phi) is 5.20. The van der Waals surface area contributed by atoms with E-state index in [4.69, 9.17) is 4.74 Å². The van der Waals surface area contributed by atoms with Crippen LogP contribution in [0.4, 0.5) is 5.13 Å². The number of anilines is 1. The van der Waals surface area contributed by atoms with Crippen LogP contribution in [0, 0.1) is 0 Å². The summed E-state index contributed by atoms with van der Waals surface area (Å²) in [6, 6.07) is 18.6. The lowest BCUT2D eigenvalue weighted by molar-refractivity contribution is -0.152. The second kappa shape index (κ2) is 7.72. The molecule has 1 N–H and O–H groups in total. The minimum absolute atomic E-state index is 0.435. The van der Waals surface area contributed by atoms with Gasteiger partial charge in [0.15, 0.2) is 5.13 Å². The van der Waals surface area contributed by atoms with E-state index in [0.717, 1.165) is 11.3 Å². The summed E-state index contributed by atoms with van der Waals surface area (Å²) in [5, 5.41) is 5.05. The van der Waals surface area contributed by atoms with Gasteiger partial charge in [-0.25, -0.2) is 4.98 Å². The first-order chi connectivity index (χ1) is 12.1. The number of nitrogens with one attached hydrogen (secondary N) is 1. The molecule has 25 heavy (non-hydrogen) atoms. The van der Waals surface area contributed by atoms with Crippen molar-refractivity contribution in [3.63, 3.8) is 0 Å². The van der Waals surface area contributed by atoms with Crippen LogP contribution >= 0.6 is 11.3 Å². The minimum Gasteiger partial charge on any atom is -0.447 e. The highest BCUT2D eigenvalue weighted by atomic mass is 32.1. The van der Waals surface area contributed by atoms with Crippen molar-refractivity contribution in [2.75, 3.05) is 5.32 Å². The molecular formula is C19H16N2O3S. The molecule has 6 heteroatoms. The van der Waals surface area contributed by atoms with Gasteiger partial charge in [-0.15, -0.1) is 11.3 Å². The molecule has 0 bridgehead atoms. The highest BCUT2D eigenvalue weighted by Gasteiger charge is 2.24. The van der Waals surface area contributed by atoms with E-state index in [1.807, 2.05) is 41.8 Å². The molecule has 2 aromatic carbocycles. The number of hydrogen-bond donors (Lipinski definition) is 1. The van der Waals surface area contributed by atoms with Crippen LogP contribution in [0.2, 0.25) is 0 Å². The molecule has 0 radical (unpaired) electrons. The molecule has 0 saturated heterocycles. The van der Waals surface area contributed by atoms with Crippen LogP contribution in [0.3, 0.4) is 0 Å². The van der Waals surface area contributed by atoms with Gasteiger partial charge in [0.1, 0.15) is 0 Å². The van der Waals surface area contributed by atoms with E-state index in [9.17, 15) is 9.59 Å². The maximum Gasteiger partial charge on any atom is 0.303 e. The molecule has 0 aliphatic heterocycles. The second-order valence-corrected chi connectivity index (χ2v) is 6.15.